The van der Waals surface area contributed by atoms with E-state index in [9.17, 15) is 9.90 Å². The number of carbonyl (C=O) groups is 1. The molecular formula is C16H23NO3. The largest absolute Gasteiger partial charge is 0.489 e. The molecule has 1 amide bonds. The van der Waals surface area contributed by atoms with Gasteiger partial charge in [0.1, 0.15) is 11.9 Å². The number of aliphatic hydroxyl groups excluding tert-OH is 1. The molecular weight excluding hydrogens is 254 g/mol. The van der Waals surface area contributed by atoms with Crippen LogP contribution in [-0.4, -0.2) is 28.8 Å². The summed E-state index contributed by atoms with van der Waals surface area (Å²) in [7, 11) is 0. The summed E-state index contributed by atoms with van der Waals surface area (Å²) in [6.45, 7) is 9.36. The molecule has 0 fully saturated rings. The summed E-state index contributed by atoms with van der Waals surface area (Å²) in [5.74, 6) is 0.739. The fraction of sp³-hybridized carbons (Fsp3) is 0.562. The van der Waals surface area contributed by atoms with E-state index in [4.69, 9.17) is 4.74 Å². The highest BCUT2D eigenvalue weighted by molar-refractivity contribution is 5.98. The van der Waals surface area contributed by atoms with E-state index in [1.54, 1.807) is 26.8 Å². The van der Waals surface area contributed by atoms with Gasteiger partial charge in [-0.15, -0.1) is 0 Å². The number of fused-ring (bicyclic) bond motifs is 1. The van der Waals surface area contributed by atoms with Crippen LogP contribution in [0.4, 0.5) is 0 Å². The second-order valence-corrected chi connectivity index (χ2v) is 6.19. The summed E-state index contributed by atoms with van der Waals surface area (Å²) in [5, 5.41) is 12.6. The number of nitrogens with one attached hydrogen (secondary N) is 1. The van der Waals surface area contributed by atoms with Crippen molar-refractivity contribution in [3.8, 4) is 5.75 Å². The lowest BCUT2D eigenvalue weighted by atomic mass is 9.95. The van der Waals surface area contributed by atoms with Crippen LogP contribution in [0.15, 0.2) is 18.2 Å². The highest BCUT2D eigenvalue weighted by atomic mass is 16.5. The zero-order chi connectivity index (χ0) is 15.1. The Balaban J connectivity index is 2.30. The minimum Gasteiger partial charge on any atom is -0.489 e. The summed E-state index contributed by atoms with van der Waals surface area (Å²) in [5.41, 5.74) is 0.919. The first-order chi connectivity index (χ1) is 9.24. The van der Waals surface area contributed by atoms with Gasteiger partial charge in [0.2, 0.25) is 0 Å². The third kappa shape index (κ3) is 2.52. The van der Waals surface area contributed by atoms with Crippen molar-refractivity contribution in [1.29, 1.82) is 0 Å². The smallest absolute Gasteiger partial charge is 0.255 e. The van der Waals surface area contributed by atoms with Crippen LogP contribution in [0, 0.1) is 0 Å². The number of rotatable bonds is 3. The van der Waals surface area contributed by atoms with Crippen molar-refractivity contribution < 1.29 is 14.6 Å². The first-order valence-electron chi connectivity index (χ1n) is 7.04. The molecule has 2 rings (SSSR count). The number of hydrogen-bond acceptors (Lipinski definition) is 3. The van der Waals surface area contributed by atoms with Crippen molar-refractivity contribution in [3.05, 3.63) is 29.3 Å². The van der Waals surface area contributed by atoms with Gasteiger partial charge < -0.3 is 15.2 Å². The molecule has 4 heteroatoms. The molecule has 0 saturated carbocycles. The van der Waals surface area contributed by atoms with E-state index in [2.05, 4.69) is 12.2 Å². The maximum absolute atomic E-state index is 12.4. The summed E-state index contributed by atoms with van der Waals surface area (Å²) >= 11 is 0. The molecule has 1 heterocycles. The lowest BCUT2D eigenvalue weighted by Crippen LogP contribution is -2.51. The molecule has 4 nitrogen and oxygen atoms in total. The highest BCUT2D eigenvalue weighted by Gasteiger charge is 2.33. The van der Waals surface area contributed by atoms with Crippen LogP contribution in [0.3, 0.4) is 0 Å². The van der Waals surface area contributed by atoms with E-state index in [-0.39, 0.29) is 17.9 Å². The normalized spacial score (nSPS) is 22.9. The molecule has 3 unspecified atom stereocenters. The molecule has 0 bridgehead atoms. The molecule has 1 aliphatic heterocycles. The number of benzene rings is 1. The Morgan fingerprint density at radius 3 is 2.65 bits per heavy atom. The van der Waals surface area contributed by atoms with Gasteiger partial charge in [-0.25, -0.2) is 0 Å². The standard InChI is InChI=1S/C16H23NO3/c1-9-10(2)20-14-12(9)7-6-8-13(14)15(19)17-16(4,5)11(3)18/h6-11,18H,1-5H3,(H,17,19). The number of carbonyl (C=O) groups excluding carboxylic acids is 1. The van der Waals surface area contributed by atoms with Gasteiger partial charge in [-0.3, -0.25) is 4.79 Å². The lowest BCUT2D eigenvalue weighted by molar-refractivity contribution is 0.0706. The van der Waals surface area contributed by atoms with Crippen molar-refractivity contribution in [2.24, 2.45) is 0 Å². The number of hydrogen-bond donors (Lipinski definition) is 2. The molecule has 1 aromatic carbocycles. The summed E-state index contributed by atoms with van der Waals surface area (Å²) < 4.78 is 5.82. The van der Waals surface area contributed by atoms with E-state index < -0.39 is 11.6 Å². The predicted molar refractivity (Wildman–Crippen MR) is 78.2 cm³/mol. The Morgan fingerprint density at radius 2 is 2.05 bits per heavy atom. The van der Waals surface area contributed by atoms with Crippen LogP contribution in [0.25, 0.3) is 0 Å². The molecule has 0 aromatic heterocycles. The predicted octanol–water partition coefficient (Wildman–Crippen LogP) is 2.46. The van der Waals surface area contributed by atoms with Gasteiger partial charge in [-0.05, 0) is 33.8 Å². The first kappa shape index (κ1) is 14.9. The average Bonchev–Trinajstić information content (AvgIpc) is 2.64. The maximum atomic E-state index is 12.4. The molecule has 0 aliphatic carbocycles. The van der Waals surface area contributed by atoms with Gasteiger partial charge in [-0.1, -0.05) is 19.1 Å². The van der Waals surface area contributed by atoms with Crippen molar-refractivity contribution in [1.82, 2.24) is 5.32 Å². The highest BCUT2D eigenvalue weighted by Crippen LogP contribution is 2.40. The second kappa shape index (κ2) is 5.09. The van der Waals surface area contributed by atoms with Gasteiger partial charge >= 0.3 is 0 Å². The van der Waals surface area contributed by atoms with Crippen molar-refractivity contribution in [3.63, 3.8) is 0 Å². The van der Waals surface area contributed by atoms with E-state index >= 15 is 0 Å². The molecule has 0 radical (unpaired) electrons. The first-order valence-corrected chi connectivity index (χ1v) is 7.04. The number of ether oxygens (including phenoxy) is 1. The maximum Gasteiger partial charge on any atom is 0.255 e. The van der Waals surface area contributed by atoms with Crippen LogP contribution in [0.2, 0.25) is 0 Å². The van der Waals surface area contributed by atoms with E-state index in [1.807, 2.05) is 19.1 Å². The number of aliphatic hydroxyl groups is 1. The molecule has 1 aliphatic rings. The Hall–Kier alpha value is -1.55. The molecule has 0 spiro atoms. The molecule has 20 heavy (non-hydrogen) atoms. The Bertz CT molecular complexity index is 522. The van der Waals surface area contributed by atoms with Crippen LogP contribution < -0.4 is 10.1 Å². The third-order valence-electron chi connectivity index (χ3n) is 4.27. The molecule has 110 valence electrons. The quantitative estimate of drug-likeness (QED) is 0.892. The van der Waals surface area contributed by atoms with Gasteiger partial charge in [0.05, 0.1) is 17.2 Å². The lowest BCUT2D eigenvalue weighted by Gasteiger charge is -2.29. The van der Waals surface area contributed by atoms with E-state index in [0.717, 1.165) is 5.56 Å². The zero-order valence-electron chi connectivity index (χ0n) is 12.7. The minimum atomic E-state index is -0.685. The SMILES string of the molecule is CC1Oc2c(C(=O)NC(C)(C)C(C)O)cccc2C1C. The van der Waals surface area contributed by atoms with E-state index in [0.29, 0.717) is 11.3 Å². The Morgan fingerprint density at radius 1 is 1.40 bits per heavy atom. The van der Waals surface area contributed by atoms with Crippen molar-refractivity contribution in [2.75, 3.05) is 0 Å². The summed E-state index contributed by atoms with van der Waals surface area (Å²) in [6.07, 6.45) is -0.564. The van der Waals surface area contributed by atoms with Gasteiger partial charge in [0.25, 0.3) is 5.91 Å². The van der Waals surface area contributed by atoms with Gasteiger partial charge in [0, 0.05) is 11.5 Å². The fourth-order valence-electron chi connectivity index (χ4n) is 2.23. The van der Waals surface area contributed by atoms with Crippen molar-refractivity contribution in [2.45, 2.75) is 58.3 Å². The molecule has 2 N–H and O–H groups in total. The Kier molecular flexibility index (Phi) is 3.78. The van der Waals surface area contributed by atoms with Gasteiger partial charge in [0.15, 0.2) is 0 Å². The summed E-state index contributed by atoms with van der Waals surface area (Å²) in [6, 6.07) is 5.64. The second-order valence-electron chi connectivity index (χ2n) is 6.19. The van der Waals surface area contributed by atoms with Crippen molar-refractivity contribution >= 4 is 5.91 Å². The molecule has 1 aromatic rings. The van der Waals surface area contributed by atoms with Gasteiger partial charge in [-0.2, -0.15) is 0 Å². The van der Waals surface area contributed by atoms with Crippen LogP contribution in [0.1, 0.15) is 56.5 Å². The van der Waals surface area contributed by atoms with Crippen LogP contribution in [-0.2, 0) is 0 Å². The summed E-state index contributed by atoms with van der Waals surface area (Å²) in [4.78, 5) is 12.4. The monoisotopic (exact) mass is 277 g/mol. The zero-order valence-corrected chi connectivity index (χ0v) is 12.7. The van der Waals surface area contributed by atoms with Crippen LogP contribution >= 0.6 is 0 Å². The molecule has 3 atom stereocenters. The minimum absolute atomic E-state index is 0.0729. The number of para-hydroxylation sites is 1. The molecule has 0 saturated heterocycles. The Labute approximate surface area is 120 Å². The van der Waals surface area contributed by atoms with E-state index in [1.165, 1.54) is 0 Å². The fourth-order valence-corrected chi connectivity index (χ4v) is 2.23. The average molecular weight is 277 g/mol. The van der Waals surface area contributed by atoms with Crippen LogP contribution in [0.5, 0.6) is 5.75 Å². The number of amides is 1. The third-order valence-corrected chi connectivity index (χ3v) is 4.27. The topological polar surface area (TPSA) is 58.6 Å².